The molecular formula is C27H37F3N2O7. The summed E-state index contributed by atoms with van der Waals surface area (Å²) in [6, 6.07) is 11.2. The summed E-state index contributed by atoms with van der Waals surface area (Å²) in [5.74, 6) is -0.618. The Labute approximate surface area is 226 Å². The molecule has 9 nitrogen and oxygen atoms in total. The molecular weight excluding hydrogens is 521 g/mol. The number of ether oxygens (including phenoxy) is 6. The highest BCUT2D eigenvalue weighted by atomic mass is 19.4. The number of hydrogen-bond acceptors (Lipinski definition) is 9. The molecule has 2 rings (SSSR count). The summed E-state index contributed by atoms with van der Waals surface area (Å²) in [6.45, 7) is 5.24. The van der Waals surface area contributed by atoms with E-state index in [0.717, 1.165) is 18.7 Å². The van der Waals surface area contributed by atoms with Gasteiger partial charge in [0.25, 0.3) is 0 Å². The predicted molar refractivity (Wildman–Crippen MR) is 139 cm³/mol. The quantitative estimate of drug-likeness (QED) is 0.175. The van der Waals surface area contributed by atoms with Crippen molar-refractivity contribution >= 4 is 17.3 Å². The molecule has 2 aromatic carbocycles. The van der Waals surface area contributed by atoms with Gasteiger partial charge in [0.05, 0.1) is 82.9 Å². The number of rotatable bonds is 21. The standard InChI is InChI=1S/C27H37F3N2O7/c1-31-9-10-34-11-12-35-13-14-36-15-16-37-17-18-38-19-20-39-26(33)24-7-2-3-8-25(24)32-23-6-4-5-22(21-23)27(28,29)30/h2-8,21,31-32H,9-20H2,1H3. The topological polar surface area (TPSA) is 96.5 Å². The molecule has 0 amide bonds. The Morgan fingerprint density at radius 2 is 1.26 bits per heavy atom. The Balaban J connectivity index is 1.52. The molecule has 218 valence electrons. The SMILES string of the molecule is CNCCOCCOCCOCCOCCOCCOC(=O)c1ccccc1Nc1cccc(C(F)(F)F)c1. The van der Waals surface area contributed by atoms with Gasteiger partial charge in [-0.25, -0.2) is 4.79 Å². The summed E-state index contributed by atoms with van der Waals surface area (Å²) in [7, 11) is 1.87. The number of carbonyl (C=O) groups is 1. The van der Waals surface area contributed by atoms with Crippen LogP contribution in [0.25, 0.3) is 0 Å². The summed E-state index contributed by atoms with van der Waals surface area (Å²) in [5.41, 5.74) is -0.0573. The van der Waals surface area contributed by atoms with Crippen molar-refractivity contribution in [2.24, 2.45) is 0 Å². The number of likely N-dealkylation sites (N-methyl/N-ethyl adjacent to an activating group) is 1. The molecule has 0 spiro atoms. The van der Waals surface area contributed by atoms with Crippen LogP contribution in [-0.2, 0) is 34.6 Å². The molecule has 0 atom stereocenters. The fourth-order valence-corrected chi connectivity index (χ4v) is 3.13. The fraction of sp³-hybridized carbons (Fsp3) is 0.519. The molecule has 0 aliphatic heterocycles. The number of carbonyl (C=O) groups excluding carboxylic acids is 1. The van der Waals surface area contributed by atoms with Gasteiger partial charge in [-0.1, -0.05) is 18.2 Å². The van der Waals surface area contributed by atoms with Crippen molar-refractivity contribution in [2.75, 3.05) is 91.6 Å². The third-order valence-corrected chi connectivity index (χ3v) is 5.06. The average molecular weight is 559 g/mol. The number of para-hydroxylation sites is 1. The minimum Gasteiger partial charge on any atom is -0.460 e. The molecule has 0 aliphatic rings. The van der Waals surface area contributed by atoms with Crippen LogP contribution in [0.4, 0.5) is 24.5 Å². The first-order chi connectivity index (χ1) is 18.9. The molecule has 0 aliphatic carbocycles. The van der Waals surface area contributed by atoms with Crippen molar-refractivity contribution in [1.82, 2.24) is 5.32 Å². The molecule has 2 aromatic rings. The van der Waals surface area contributed by atoms with Crippen molar-refractivity contribution < 1.29 is 46.4 Å². The van der Waals surface area contributed by atoms with Gasteiger partial charge in [0, 0.05) is 12.2 Å². The van der Waals surface area contributed by atoms with Gasteiger partial charge in [-0.2, -0.15) is 13.2 Å². The first kappa shape index (κ1) is 32.5. The van der Waals surface area contributed by atoms with Gasteiger partial charge < -0.3 is 39.1 Å². The van der Waals surface area contributed by atoms with Gasteiger partial charge in [-0.05, 0) is 37.4 Å². The zero-order valence-electron chi connectivity index (χ0n) is 22.1. The average Bonchev–Trinajstić information content (AvgIpc) is 2.92. The molecule has 0 heterocycles. The normalized spacial score (nSPS) is 11.5. The second kappa shape index (κ2) is 19.3. The van der Waals surface area contributed by atoms with Crippen LogP contribution in [0.2, 0.25) is 0 Å². The Morgan fingerprint density at radius 3 is 1.82 bits per heavy atom. The van der Waals surface area contributed by atoms with Gasteiger partial charge in [0.15, 0.2) is 0 Å². The zero-order chi connectivity index (χ0) is 28.2. The maximum Gasteiger partial charge on any atom is 0.416 e. The number of hydrogen-bond donors (Lipinski definition) is 2. The summed E-state index contributed by atoms with van der Waals surface area (Å²) >= 11 is 0. The van der Waals surface area contributed by atoms with Crippen LogP contribution in [0, 0.1) is 0 Å². The second-order valence-electron chi connectivity index (χ2n) is 8.05. The van der Waals surface area contributed by atoms with E-state index in [2.05, 4.69) is 10.6 Å². The first-order valence-electron chi connectivity index (χ1n) is 12.7. The molecule has 39 heavy (non-hydrogen) atoms. The van der Waals surface area contributed by atoms with Crippen molar-refractivity contribution in [2.45, 2.75) is 6.18 Å². The van der Waals surface area contributed by atoms with E-state index in [9.17, 15) is 18.0 Å². The monoisotopic (exact) mass is 558 g/mol. The van der Waals surface area contributed by atoms with Gasteiger partial charge in [0.2, 0.25) is 0 Å². The molecule has 2 N–H and O–H groups in total. The molecule has 12 heteroatoms. The maximum atomic E-state index is 13.0. The summed E-state index contributed by atoms with van der Waals surface area (Å²) < 4.78 is 71.1. The second-order valence-corrected chi connectivity index (χ2v) is 8.05. The number of halogens is 3. The Kier molecular flexibility index (Phi) is 16.1. The van der Waals surface area contributed by atoms with Crippen molar-refractivity contribution in [1.29, 1.82) is 0 Å². The van der Waals surface area contributed by atoms with Gasteiger partial charge in [-0.3, -0.25) is 0 Å². The Bertz CT molecular complexity index is 948. The fourth-order valence-electron chi connectivity index (χ4n) is 3.13. The van der Waals surface area contributed by atoms with Gasteiger partial charge in [0.1, 0.15) is 6.61 Å². The zero-order valence-corrected chi connectivity index (χ0v) is 22.1. The van der Waals surface area contributed by atoms with E-state index >= 15 is 0 Å². The summed E-state index contributed by atoms with van der Waals surface area (Å²) in [4.78, 5) is 12.5. The molecule has 0 saturated carbocycles. The van der Waals surface area contributed by atoms with E-state index in [4.69, 9.17) is 28.4 Å². The molecule has 0 bridgehead atoms. The van der Waals surface area contributed by atoms with Crippen LogP contribution in [0.3, 0.4) is 0 Å². The van der Waals surface area contributed by atoms with Crippen molar-refractivity contribution in [3.8, 4) is 0 Å². The molecule has 0 unspecified atom stereocenters. The largest absolute Gasteiger partial charge is 0.460 e. The van der Waals surface area contributed by atoms with Crippen LogP contribution < -0.4 is 10.6 Å². The molecule has 0 aromatic heterocycles. The van der Waals surface area contributed by atoms with Crippen LogP contribution in [0.1, 0.15) is 15.9 Å². The van der Waals surface area contributed by atoms with E-state index in [1.54, 1.807) is 18.2 Å². The number of anilines is 2. The van der Waals surface area contributed by atoms with Crippen molar-refractivity contribution in [3.05, 3.63) is 59.7 Å². The molecule has 0 saturated heterocycles. The van der Waals surface area contributed by atoms with Crippen molar-refractivity contribution in [3.63, 3.8) is 0 Å². The van der Waals surface area contributed by atoms with Crippen LogP contribution in [-0.4, -0.2) is 92.2 Å². The third-order valence-electron chi connectivity index (χ3n) is 5.06. The lowest BCUT2D eigenvalue weighted by Crippen LogP contribution is -2.17. The number of benzene rings is 2. The van der Waals surface area contributed by atoms with E-state index in [1.165, 1.54) is 18.2 Å². The van der Waals surface area contributed by atoms with E-state index in [0.29, 0.717) is 65.1 Å². The van der Waals surface area contributed by atoms with Crippen LogP contribution >= 0.6 is 0 Å². The molecule has 0 radical (unpaired) electrons. The minimum absolute atomic E-state index is 0.0143. The highest BCUT2D eigenvalue weighted by molar-refractivity contribution is 5.96. The van der Waals surface area contributed by atoms with E-state index in [-0.39, 0.29) is 24.5 Å². The third kappa shape index (κ3) is 14.3. The summed E-state index contributed by atoms with van der Waals surface area (Å²) in [6.07, 6.45) is -4.47. The predicted octanol–water partition coefficient (Wildman–Crippen LogP) is 3.91. The summed E-state index contributed by atoms with van der Waals surface area (Å²) in [5, 5.41) is 5.85. The number of alkyl halides is 3. The number of esters is 1. The van der Waals surface area contributed by atoms with E-state index < -0.39 is 17.7 Å². The Hall–Kier alpha value is -2.74. The lowest BCUT2D eigenvalue weighted by Gasteiger charge is -2.13. The number of nitrogens with one attached hydrogen (secondary N) is 2. The highest BCUT2D eigenvalue weighted by Gasteiger charge is 2.30. The van der Waals surface area contributed by atoms with E-state index in [1.807, 2.05) is 7.05 Å². The first-order valence-corrected chi connectivity index (χ1v) is 12.7. The smallest absolute Gasteiger partial charge is 0.416 e. The highest BCUT2D eigenvalue weighted by Crippen LogP contribution is 2.32. The lowest BCUT2D eigenvalue weighted by atomic mass is 10.1. The van der Waals surface area contributed by atoms with Crippen LogP contribution in [0.15, 0.2) is 48.5 Å². The minimum atomic E-state index is -4.47. The Morgan fingerprint density at radius 1 is 0.718 bits per heavy atom. The van der Waals surface area contributed by atoms with Crippen LogP contribution in [0.5, 0.6) is 0 Å². The maximum absolute atomic E-state index is 13.0. The molecule has 0 fully saturated rings. The van der Waals surface area contributed by atoms with Gasteiger partial charge in [-0.15, -0.1) is 0 Å². The van der Waals surface area contributed by atoms with Gasteiger partial charge >= 0.3 is 12.1 Å². The lowest BCUT2D eigenvalue weighted by molar-refractivity contribution is -0.137.